The average Bonchev–Trinajstić information content (AvgIpc) is 2.48. The number of methoxy groups -OCH3 is 1. The number of rotatable bonds is 5. The second kappa shape index (κ2) is 6.63. The number of fused-ring (bicyclic) bond motifs is 1. The van der Waals surface area contributed by atoms with Gasteiger partial charge in [-0.25, -0.2) is 4.79 Å². The minimum absolute atomic E-state index is 0.221. The number of aromatic nitrogens is 1. The molecule has 5 nitrogen and oxygen atoms in total. The van der Waals surface area contributed by atoms with Crippen LogP contribution in [0.15, 0.2) is 18.3 Å². The summed E-state index contributed by atoms with van der Waals surface area (Å²) < 4.78 is 15.8. The molecule has 1 aromatic heterocycles. The molecule has 21 heavy (non-hydrogen) atoms. The van der Waals surface area contributed by atoms with Gasteiger partial charge in [0.15, 0.2) is 11.5 Å². The molecule has 0 spiro atoms. The Balaban J connectivity index is 2.64. The standard InChI is InChI=1S/C15H16ClNO4/c1-4-20-12-6-9-11(7-13(12)21-5-2)17-8-10(14(9)16)15(18)19-3/h6-8H,4-5H2,1-3H3. The van der Waals surface area contributed by atoms with Crippen LogP contribution in [-0.4, -0.2) is 31.3 Å². The fourth-order valence-electron chi connectivity index (χ4n) is 1.96. The van der Waals surface area contributed by atoms with Gasteiger partial charge in [-0.15, -0.1) is 0 Å². The third-order valence-corrected chi connectivity index (χ3v) is 3.28. The Morgan fingerprint density at radius 3 is 2.38 bits per heavy atom. The molecule has 0 saturated heterocycles. The normalized spacial score (nSPS) is 10.5. The number of benzene rings is 1. The molecule has 1 heterocycles. The third-order valence-electron chi connectivity index (χ3n) is 2.87. The largest absolute Gasteiger partial charge is 0.490 e. The van der Waals surface area contributed by atoms with Crippen LogP contribution in [0.5, 0.6) is 11.5 Å². The molecule has 6 heteroatoms. The van der Waals surface area contributed by atoms with Crippen molar-refractivity contribution in [2.75, 3.05) is 20.3 Å². The van der Waals surface area contributed by atoms with Crippen LogP contribution >= 0.6 is 11.6 Å². The first-order valence-electron chi connectivity index (χ1n) is 6.58. The number of hydrogen-bond donors (Lipinski definition) is 0. The number of carbonyl (C=O) groups is 1. The molecule has 0 N–H and O–H groups in total. The van der Waals surface area contributed by atoms with E-state index in [4.69, 9.17) is 21.1 Å². The zero-order chi connectivity index (χ0) is 15.4. The van der Waals surface area contributed by atoms with Crippen molar-refractivity contribution in [3.8, 4) is 11.5 Å². The van der Waals surface area contributed by atoms with Crippen LogP contribution in [-0.2, 0) is 4.74 Å². The van der Waals surface area contributed by atoms with Crippen LogP contribution < -0.4 is 9.47 Å². The molecule has 0 unspecified atom stereocenters. The van der Waals surface area contributed by atoms with Gasteiger partial charge in [0.1, 0.15) is 0 Å². The van der Waals surface area contributed by atoms with Gasteiger partial charge >= 0.3 is 5.97 Å². The van der Waals surface area contributed by atoms with Crippen molar-refractivity contribution < 1.29 is 19.0 Å². The van der Waals surface area contributed by atoms with Crippen LogP contribution in [0.3, 0.4) is 0 Å². The number of pyridine rings is 1. The molecule has 0 fully saturated rings. The molecule has 0 saturated carbocycles. The zero-order valence-electron chi connectivity index (χ0n) is 12.1. The Hall–Kier alpha value is -2.01. The number of ether oxygens (including phenoxy) is 3. The minimum Gasteiger partial charge on any atom is -0.490 e. The van der Waals surface area contributed by atoms with Gasteiger partial charge in [-0.05, 0) is 19.9 Å². The molecule has 1 aromatic carbocycles. The van der Waals surface area contributed by atoms with Gasteiger partial charge in [0.2, 0.25) is 0 Å². The highest BCUT2D eigenvalue weighted by molar-refractivity contribution is 6.38. The second-order valence-electron chi connectivity index (χ2n) is 4.16. The molecule has 2 rings (SSSR count). The number of esters is 1. The first-order chi connectivity index (χ1) is 10.1. The van der Waals surface area contributed by atoms with E-state index in [0.717, 1.165) is 0 Å². The van der Waals surface area contributed by atoms with Crippen molar-refractivity contribution in [3.05, 3.63) is 28.9 Å². The van der Waals surface area contributed by atoms with Crippen molar-refractivity contribution in [3.63, 3.8) is 0 Å². The summed E-state index contributed by atoms with van der Waals surface area (Å²) in [6, 6.07) is 3.47. The van der Waals surface area contributed by atoms with Crippen LogP contribution in [0.4, 0.5) is 0 Å². The minimum atomic E-state index is -0.527. The molecule has 0 aliphatic carbocycles. The molecule has 0 aliphatic rings. The van der Waals surface area contributed by atoms with Crippen molar-refractivity contribution in [2.24, 2.45) is 0 Å². The molecule has 0 aliphatic heterocycles. The topological polar surface area (TPSA) is 57.7 Å². The number of hydrogen-bond acceptors (Lipinski definition) is 5. The van der Waals surface area contributed by atoms with Crippen LogP contribution in [0, 0.1) is 0 Å². The van der Waals surface area contributed by atoms with Gasteiger partial charge in [0.05, 0.1) is 36.4 Å². The number of nitrogens with zero attached hydrogens (tertiary/aromatic N) is 1. The van der Waals surface area contributed by atoms with Gasteiger partial charge in [-0.2, -0.15) is 0 Å². The lowest BCUT2D eigenvalue weighted by molar-refractivity contribution is 0.0600. The summed E-state index contributed by atoms with van der Waals surface area (Å²) in [6.07, 6.45) is 1.40. The predicted molar refractivity (Wildman–Crippen MR) is 80.4 cm³/mol. The molecular weight excluding hydrogens is 294 g/mol. The highest BCUT2D eigenvalue weighted by atomic mass is 35.5. The van der Waals surface area contributed by atoms with Crippen molar-refractivity contribution in [2.45, 2.75) is 13.8 Å². The van der Waals surface area contributed by atoms with Crippen LogP contribution in [0.1, 0.15) is 24.2 Å². The highest BCUT2D eigenvalue weighted by Crippen LogP contribution is 2.36. The van der Waals surface area contributed by atoms with Gasteiger partial charge < -0.3 is 14.2 Å². The lowest BCUT2D eigenvalue weighted by Gasteiger charge is -2.13. The monoisotopic (exact) mass is 309 g/mol. The second-order valence-corrected chi connectivity index (χ2v) is 4.54. The summed E-state index contributed by atoms with van der Waals surface area (Å²) in [4.78, 5) is 15.9. The molecule has 0 bridgehead atoms. The van der Waals surface area contributed by atoms with E-state index in [-0.39, 0.29) is 10.6 Å². The van der Waals surface area contributed by atoms with E-state index in [1.165, 1.54) is 13.3 Å². The Labute approximate surface area is 127 Å². The van der Waals surface area contributed by atoms with E-state index < -0.39 is 5.97 Å². The quantitative estimate of drug-likeness (QED) is 0.791. The maximum atomic E-state index is 11.7. The molecule has 0 amide bonds. The van der Waals surface area contributed by atoms with E-state index in [0.29, 0.717) is 35.6 Å². The van der Waals surface area contributed by atoms with Crippen molar-refractivity contribution in [1.29, 1.82) is 0 Å². The Bertz CT molecular complexity index is 672. The van der Waals surface area contributed by atoms with Crippen LogP contribution in [0.2, 0.25) is 5.02 Å². The Kier molecular flexibility index (Phi) is 4.85. The first kappa shape index (κ1) is 15.4. The van der Waals surface area contributed by atoms with Gasteiger partial charge in [0.25, 0.3) is 0 Å². The summed E-state index contributed by atoms with van der Waals surface area (Å²) in [5, 5.41) is 0.905. The third kappa shape index (κ3) is 3.03. The van der Waals surface area contributed by atoms with Crippen molar-refractivity contribution in [1.82, 2.24) is 4.98 Å². The molecule has 2 aromatic rings. The molecular formula is C15H16ClNO4. The summed E-state index contributed by atoms with van der Waals surface area (Å²) in [5.41, 5.74) is 0.845. The average molecular weight is 310 g/mol. The van der Waals surface area contributed by atoms with Crippen LogP contribution in [0.25, 0.3) is 10.9 Å². The fourth-order valence-corrected chi connectivity index (χ4v) is 2.23. The zero-order valence-corrected chi connectivity index (χ0v) is 12.9. The molecule has 0 atom stereocenters. The van der Waals surface area contributed by atoms with E-state index in [1.54, 1.807) is 12.1 Å². The number of halogens is 1. The molecule has 112 valence electrons. The summed E-state index contributed by atoms with van der Waals surface area (Å²) in [7, 11) is 1.30. The SMILES string of the molecule is CCOc1cc2ncc(C(=O)OC)c(Cl)c2cc1OCC. The fraction of sp³-hybridized carbons (Fsp3) is 0.333. The van der Waals surface area contributed by atoms with E-state index in [2.05, 4.69) is 9.72 Å². The highest BCUT2D eigenvalue weighted by Gasteiger charge is 2.17. The Morgan fingerprint density at radius 1 is 1.19 bits per heavy atom. The molecule has 0 radical (unpaired) electrons. The van der Waals surface area contributed by atoms with E-state index in [9.17, 15) is 4.79 Å². The van der Waals surface area contributed by atoms with Gasteiger partial charge in [-0.3, -0.25) is 4.98 Å². The van der Waals surface area contributed by atoms with E-state index >= 15 is 0 Å². The van der Waals surface area contributed by atoms with Gasteiger partial charge in [-0.1, -0.05) is 11.6 Å². The lowest BCUT2D eigenvalue weighted by atomic mass is 10.1. The first-order valence-corrected chi connectivity index (χ1v) is 6.96. The summed E-state index contributed by atoms with van der Waals surface area (Å²) >= 11 is 6.28. The smallest absolute Gasteiger partial charge is 0.340 e. The lowest BCUT2D eigenvalue weighted by Crippen LogP contribution is -2.04. The summed E-state index contributed by atoms with van der Waals surface area (Å²) in [5.74, 6) is 0.639. The Morgan fingerprint density at radius 2 is 1.81 bits per heavy atom. The van der Waals surface area contributed by atoms with E-state index in [1.807, 2.05) is 13.8 Å². The van der Waals surface area contributed by atoms with Gasteiger partial charge in [0, 0.05) is 17.6 Å². The maximum absolute atomic E-state index is 11.7. The number of carbonyl (C=O) groups excluding carboxylic acids is 1. The summed E-state index contributed by atoms with van der Waals surface area (Å²) in [6.45, 7) is 4.78. The van der Waals surface area contributed by atoms with Crippen molar-refractivity contribution >= 4 is 28.5 Å². The predicted octanol–water partition coefficient (Wildman–Crippen LogP) is 3.47. The maximum Gasteiger partial charge on any atom is 0.340 e.